The summed E-state index contributed by atoms with van der Waals surface area (Å²) in [5, 5.41) is 3.79. The minimum atomic E-state index is 0.0952. The van der Waals surface area contributed by atoms with Crippen molar-refractivity contribution >= 4 is 17.5 Å². The first kappa shape index (κ1) is 11.0. The molecule has 3 rings (SSSR count). The summed E-state index contributed by atoms with van der Waals surface area (Å²) in [6, 6.07) is 2.10. The van der Waals surface area contributed by atoms with E-state index in [4.69, 9.17) is 11.6 Å². The zero-order valence-corrected chi connectivity index (χ0v) is 10.2. The number of fused-ring (bicyclic) bond motifs is 1. The molecule has 1 unspecified atom stereocenters. The van der Waals surface area contributed by atoms with Crippen molar-refractivity contribution < 1.29 is 4.79 Å². The summed E-state index contributed by atoms with van der Waals surface area (Å²) < 4.78 is 0. The van der Waals surface area contributed by atoms with Crippen LogP contribution in [0, 0.1) is 0 Å². The summed E-state index contributed by atoms with van der Waals surface area (Å²) in [7, 11) is 0. The molecule has 0 radical (unpaired) electrons. The van der Waals surface area contributed by atoms with Gasteiger partial charge in [-0.25, -0.2) is 4.98 Å². The van der Waals surface area contributed by atoms with Crippen LogP contribution in [-0.4, -0.2) is 34.9 Å². The standard InChI is InChI=1S/C12H14ClN3O/c13-11-4-8-7-16(9-2-1-3-14-5-9)12(17)10(8)6-15-11/h4,6,9,14H,1-3,5,7H2. The second-order valence-corrected chi connectivity index (χ2v) is 4.98. The van der Waals surface area contributed by atoms with Crippen LogP contribution in [0.15, 0.2) is 12.3 Å². The van der Waals surface area contributed by atoms with Gasteiger partial charge in [-0.3, -0.25) is 4.79 Å². The van der Waals surface area contributed by atoms with E-state index in [-0.39, 0.29) is 5.91 Å². The number of carbonyl (C=O) groups is 1. The smallest absolute Gasteiger partial charge is 0.256 e. The normalized spacial score (nSPS) is 23.9. The molecule has 0 aromatic carbocycles. The van der Waals surface area contributed by atoms with Crippen molar-refractivity contribution in [2.75, 3.05) is 13.1 Å². The molecule has 1 saturated heterocycles. The Morgan fingerprint density at radius 3 is 3.18 bits per heavy atom. The van der Waals surface area contributed by atoms with E-state index in [2.05, 4.69) is 10.3 Å². The second kappa shape index (κ2) is 4.27. The lowest BCUT2D eigenvalue weighted by Crippen LogP contribution is -2.46. The first-order chi connectivity index (χ1) is 8.25. The van der Waals surface area contributed by atoms with Crippen LogP contribution in [-0.2, 0) is 6.54 Å². The van der Waals surface area contributed by atoms with Crippen LogP contribution >= 0.6 is 11.6 Å². The molecule has 1 aromatic heterocycles. The van der Waals surface area contributed by atoms with Gasteiger partial charge in [-0.1, -0.05) is 11.6 Å². The second-order valence-electron chi connectivity index (χ2n) is 4.60. The SMILES string of the molecule is O=C1c2cnc(Cl)cc2CN1C1CCCNC1. The maximum atomic E-state index is 12.2. The Morgan fingerprint density at radius 1 is 1.53 bits per heavy atom. The van der Waals surface area contributed by atoms with Crippen LogP contribution in [0.2, 0.25) is 5.15 Å². The van der Waals surface area contributed by atoms with Crippen molar-refractivity contribution in [3.8, 4) is 0 Å². The maximum Gasteiger partial charge on any atom is 0.256 e. The highest BCUT2D eigenvalue weighted by molar-refractivity contribution is 6.29. The van der Waals surface area contributed by atoms with Gasteiger partial charge in [-0.05, 0) is 31.0 Å². The third-order valence-corrected chi connectivity index (χ3v) is 3.71. The lowest BCUT2D eigenvalue weighted by atomic mass is 10.1. The number of halogens is 1. The molecule has 1 N–H and O–H groups in total. The highest BCUT2D eigenvalue weighted by Crippen LogP contribution is 2.27. The molecule has 90 valence electrons. The van der Waals surface area contributed by atoms with Gasteiger partial charge < -0.3 is 10.2 Å². The summed E-state index contributed by atoms with van der Waals surface area (Å²) in [5.41, 5.74) is 1.71. The minimum Gasteiger partial charge on any atom is -0.330 e. The fraction of sp³-hybridized carbons (Fsp3) is 0.500. The van der Waals surface area contributed by atoms with E-state index in [1.807, 2.05) is 4.90 Å². The number of amides is 1. The van der Waals surface area contributed by atoms with E-state index in [0.717, 1.165) is 31.5 Å². The van der Waals surface area contributed by atoms with Crippen molar-refractivity contribution in [1.82, 2.24) is 15.2 Å². The lowest BCUT2D eigenvalue weighted by Gasteiger charge is -2.31. The van der Waals surface area contributed by atoms with Crippen molar-refractivity contribution in [2.24, 2.45) is 0 Å². The molecule has 1 amide bonds. The van der Waals surface area contributed by atoms with Gasteiger partial charge in [0.2, 0.25) is 0 Å². The zero-order chi connectivity index (χ0) is 11.8. The monoisotopic (exact) mass is 251 g/mol. The van der Waals surface area contributed by atoms with Crippen molar-refractivity contribution in [3.63, 3.8) is 0 Å². The number of nitrogens with one attached hydrogen (secondary N) is 1. The summed E-state index contributed by atoms with van der Waals surface area (Å²) in [4.78, 5) is 18.1. The summed E-state index contributed by atoms with van der Waals surface area (Å²) in [6.45, 7) is 2.61. The third kappa shape index (κ3) is 1.91. The quantitative estimate of drug-likeness (QED) is 0.769. The van der Waals surface area contributed by atoms with Crippen LogP contribution in [0.1, 0.15) is 28.8 Å². The van der Waals surface area contributed by atoms with E-state index in [1.54, 1.807) is 12.3 Å². The highest BCUT2D eigenvalue weighted by atomic mass is 35.5. The average molecular weight is 252 g/mol. The number of hydrogen-bond acceptors (Lipinski definition) is 3. The number of piperidine rings is 1. The molecular formula is C12H14ClN3O. The minimum absolute atomic E-state index is 0.0952. The molecule has 2 aliphatic heterocycles. The Balaban J connectivity index is 1.85. The average Bonchev–Trinajstić information content (AvgIpc) is 2.67. The van der Waals surface area contributed by atoms with Crippen molar-refractivity contribution in [1.29, 1.82) is 0 Å². The van der Waals surface area contributed by atoms with Crippen LogP contribution in [0.25, 0.3) is 0 Å². The van der Waals surface area contributed by atoms with E-state index in [9.17, 15) is 4.79 Å². The number of rotatable bonds is 1. The van der Waals surface area contributed by atoms with Crippen molar-refractivity contribution in [2.45, 2.75) is 25.4 Å². The van der Waals surface area contributed by atoms with E-state index in [1.165, 1.54) is 0 Å². The van der Waals surface area contributed by atoms with E-state index >= 15 is 0 Å². The largest absolute Gasteiger partial charge is 0.330 e. The van der Waals surface area contributed by atoms with E-state index in [0.29, 0.717) is 23.3 Å². The summed E-state index contributed by atoms with van der Waals surface area (Å²) >= 11 is 5.85. The molecule has 0 saturated carbocycles. The molecule has 2 aliphatic rings. The van der Waals surface area contributed by atoms with Gasteiger partial charge in [0.1, 0.15) is 5.15 Å². The van der Waals surface area contributed by atoms with Gasteiger partial charge in [-0.2, -0.15) is 0 Å². The molecule has 1 atom stereocenters. The van der Waals surface area contributed by atoms with Gasteiger partial charge in [0.25, 0.3) is 5.91 Å². The summed E-state index contributed by atoms with van der Waals surface area (Å²) in [5.74, 6) is 0.0952. The summed E-state index contributed by atoms with van der Waals surface area (Å²) in [6.07, 6.45) is 3.80. The molecule has 5 heteroatoms. The number of nitrogens with zero attached hydrogens (tertiary/aromatic N) is 2. The van der Waals surface area contributed by atoms with Gasteiger partial charge in [0.15, 0.2) is 0 Å². The molecular weight excluding hydrogens is 238 g/mol. The van der Waals surface area contributed by atoms with Crippen molar-refractivity contribution in [3.05, 3.63) is 28.5 Å². The fourth-order valence-electron chi connectivity index (χ4n) is 2.60. The zero-order valence-electron chi connectivity index (χ0n) is 9.45. The number of carbonyl (C=O) groups excluding carboxylic acids is 1. The van der Waals surface area contributed by atoms with Gasteiger partial charge >= 0.3 is 0 Å². The Hall–Kier alpha value is -1.13. The van der Waals surface area contributed by atoms with Crippen LogP contribution < -0.4 is 5.32 Å². The predicted molar refractivity (Wildman–Crippen MR) is 65.0 cm³/mol. The first-order valence-electron chi connectivity index (χ1n) is 5.92. The Labute approximate surface area is 105 Å². The topological polar surface area (TPSA) is 45.2 Å². The van der Waals surface area contributed by atoms with E-state index < -0.39 is 0 Å². The molecule has 3 heterocycles. The van der Waals surface area contributed by atoms with Gasteiger partial charge in [0.05, 0.1) is 5.56 Å². The van der Waals surface area contributed by atoms with Crippen LogP contribution in [0.4, 0.5) is 0 Å². The maximum absolute atomic E-state index is 12.2. The van der Waals surface area contributed by atoms with Crippen LogP contribution in [0.3, 0.4) is 0 Å². The first-order valence-corrected chi connectivity index (χ1v) is 6.29. The molecule has 4 nitrogen and oxygen atoms in total. The Bertz CT molecular complexity index is 457. The molecule has 17 heavy (non-hydrogen) atoms. The number of pyridine rings is 1. The molecule has 0 aliphatic carbocycles. The third-order valence-electron chi connectivity index (χ3n) is 3.50. The van der Waals surface area contributed by atoms with Gasteiger partial charge in [0, 0.05) is 25.3 Å². The highest BCUT2D eigenvalue weighted by Gasteiger charge is 2.33. The molecule has 1 aromatic rings. The van der Waals surface area contributed by atoms with Gasteiger partial charge in [-0.15, -0.1) is 0 Å². The molecule has 0 spiro atoms. The Kier molecular flexibility index (Phi) is 2.76. The predicted octanol–water partition coefficient (Wildman–Crippen LogP) is 1.44. The lowest BCUT2D eigenvalue weighted by molar-refractivity contribution is 0.0674. The van der Waals surface area contributed by atoms with Crippen LogP contribution in [0.5, 0.6) is 0 Å². The molecule has 0 bridgehead atoms. The Morgan fingerprint density at radius 2 is 2.41 bits per heavy atom. The molecule has 1 fully saturated rings. The number of aromatic nitrogens is 1. The fourth-order valence-corrected chi connectivity index (χ4v) is 2.78. The number of hydrogen-bond donors (Lipinski definition) is 1.